The van der Waals surface area contributed by atoms with Gasteiger partial charge in [0.05, 0.1) is 30.0 Å². The molecule has 32 heavy (non-hydrogen) atoms. The van der Waals surface area contributed by atoms with Crippen molar-refractivity contribution < 1.29 is 4.79 Å². The van der Waals surface area contributed by atoms with Crippen LogP contribution >= 0.6 is 0 Å². The number of aromatic amines is 1. The van der Waals surface area contributed by atoms with E-state index in [2.05, 4.69) is 51.5 Å². The molecule has 0 aromatic carbocycles. The molecule has 1 amide bonds. The van der Waals surface area contributed by atoms with Crippen LogP contribution in [0.25, 0.3) is 0 Å². The van der Waals surface area contributed by atoms with E-state index in [4.69, 9.17) is 4.98 Å². The highest BCUT2D eigenvalue weighted by molar-refractivity contribution is 5.94. The van der Waals surface area contributed by atoms with E-state index in [1.807, 2.05) is 13.8 Å². The number of H-pyrrole nitrogens is 1. The van der Waals surface area contributed by atoms with Gasteiger partial charge in [0.2, 0.25) is 0 Å². The highest BCUT2D eigenvalue weighted by atomic mass is 16.1. The van der Waals surface area contributed by atoms with Crippen LogP contribution in [-0.2, 0) is 13.0 Å². The van der Waals surface area contributed by atoms with E-state index in [0.29, 0.717) is 17.5 Å². The standard InChI is InChI=1S/C24H31N7O/c1-5-24(4)13-30(14-24)21-9-6-17(15(2)26-21)11-31-12-18(10-25-31)23(32)27-20-8-7-19-16(3)28-29-22(19)20/h6,9-10,12,20H,5,7-8,11,13-14H2,1-4H3,(H,27,32)(H,28,29). The number of pyridine rings is 1. The first kappa shape index (κ1) is 20.7. The zero-order chi connectivity index (χ0) is 22.5. The molecule has 168 valence electrons. The van der Waals surface area contributed by atoms with Gasteiger partial charge < -0.3 is 10.2 Å². The van der Waals surface area contributed by atoms with E-state index in [9.17, 15) is 4.79 Å². The third-order valence-corrected chi connectivity index (χ3v) is 7.16. The van der Waals surface area contributed by atoms with Crippen molar-refractivity contribution in [1.29, 1.82) is 0 Å². The fraction of sp³-hybridized carbons (Fsp3) is 0.500. The van der Waals surface area contributed by atoms with E-state index in [1.165, 1.54) is 12.0 Å². The number of amides is 1. The number of hydrogen-bond donors (Lipinski definition) is 2. The predicted molar refractivity (Wildman–Crippen MR) is 123 cm³/mol. The summed E-state index contributed by atoms with van der Waals surface area (Å²) >= 11 is 0. The molecule has 0 saturated carbocycles. The van der Waals surface area contributed by atoms with Gasteiger partial charge in [0.15, 0.2) is 0 Å². The second-order valence-corrected chi connectivity index (χ2v) is 9.64. The van der Waals surface area contributed by atoms with Crippen molar-refractivity contribution in [1.82, 2.24) is 30.3 Å². The van der Waals surface area contributed by atoms with Crippen molar-refractivity contribution >= 4 is 11.7 Å². The number of carbonyl (C=O) groups excluding carboxylic acids is 1. The van der Waals surface area contributed by atoms with Gasteiger partial charge in [-0.2, -0.15) is 10.2 Å². The number of nitrogens with one attached hydrogen (secondary N) is 2. The number of nitrogens with zero attached hydrogens (tertiary/aromatic N) is 5. The normalized spacial score (nSPS) is 19.0. The van der Waals surface area contributed by atoms with Crippen LogP contribution < -0.4 is 10.2 Å². The smallest absolute Gasteiger partial charge is 0.255 e. The Balaban J connectivity index is 1.22. The Hall–Kier alpha value is -3.16. The average Bonchev–Trinajstić information content (AvgIpc) is 3.46. The fourth-order valence-electron chi connectivity index (χ4n) is 4.80. The Morgan fingerprint density at radius 3 is 2.88 bits per heavy atom. The zero-order valence-corrected chi connectivity index (χ0v) is 19.3. The van der Waals surface area contributed by atoms with Gasteiger partial charge in [-0.05, 0) is 50.3 Å². The minimum absolute atomic E-state index is 0.0409. The fourth-order valence-corrected chi connectivity index (χ4v) is 4.80. The summed E-state index contributed by atoms with van der Waals surface area (Å²) in [6.45, 7) is 11.4. The molecule has 1 unspecified atom stereocenters. The molecule has 3 aromatic rings. The van der Waals surface area contributed by atoms with Crippen LogP contribution in [0.1, 0.15) is 71.3 Å². The Labute approximate surface area is 188 Å². The van der Waals surface area contributed by atoms with Gasteiger partial charge >= 0.3 is 0 Å². The molecule has 2 N–H and O–H groups in total. The number of hydrogen-bond acceptors (Lipinski definition) is 5. The number of carbonyl (C=O) groups is 1. The quantitative estimate of drug-likeness (QED) is 0.622. The molecular formula is C24H31N7O. The molecule has 3 aromatic heterocycles. The molecule has 8 heteroatoms. The van der Waals surface area contributed by atoms with Gasteiger partial charge in [-0.1, -0.05) is 19.9 Å². The van der Waals surface area contributed by atoms with Crippen LogP contribution in [0.2, 0.25) is 0 Å². The van der Waals surface area contributed by atoms with Crippen LogP contribution in [0.3, 0.4) is 0 Å². The predicted octanol–water partition coefficient (Wildman–Crippen LogP) is 3.32. The minimum Gasteiger partial charge on any atom is -0.355 e. The number of aryl methyl sites for hydroxylation is 2. The lowest BCUT2D eigenvalue weighted by Crippen LogP contribution is -2.54. The van der Waals surface area contributed by atoms with Crippen LogP contribution in [0.4, 0.5) is 5.82 Å². The second kappa shape index (κ2) is 7.76. The molecule has 5 rings (SSSR count). The molecule has 1 aliphatic heterocycles. The number of rotatable bonds is 6. The largest absolute Gasteiger partial charge is 0.355 e. The Morgan fingerprint density at radius 2 is 2.12 bits per heavy atom. The third kappa shape index (κ3) is 3.67. The van der Waals surface area contributed by atoms with Gasteiger partial charge in [-0.15, -0.1) is 0 Å². The molecular weight excluding hydrogens is 402 g/mol. The number of anilines is 1. The summed E-state index contributed by atoms with van der Waals surface area (Å²) in [5, 5.41) is 14.9. The lowest BCUT2D eigenvalue weighted by molar-refractivity contribution is 0.0936. The van der Waals surface area contributed by atoms with Gasteiger partial charge in [0.1, 0.15) is 5.82 Å². The first-order valence-corrected chi connectivity index (χ1v) is 11.4. The molecule has 0 radical (unpaired) electrons. The summed E-state index contributed by atoms with van der Waals surface area (Å²) in [7, 11) is 0. The number of fused-ring (bicyclic) bond motifs is 1. The first-order valence-electron chi connectivity index (χ1n) is 11.4. The summed E-state index contributed by atoms with van der Waals surface area (Å²) in [5.41, 5.74) is 6.37. The van der Waals surface area contributed by atoms with Gasteiger partial charge in [0.25, 0.3) is 5.91 Å². The molecule has 8 nitrogen and oxygen atoms in total. The summed E-state index contributed by atoms with van der Waals surface area (Å²) in [4.78, 5) is 19.9. The van der Waals surface area contributed by atoms with Crippen LogP contribution in [0, 0.1) is 19.3 Å². The summed E-state index contributed by atoms with van der Waals surface area (Å²) in [6, 6.07) is 4.18. The highest BCUT2D eigenvalue weighted by Crippen LogP contribution is 2.36. The monoisotopic (exact) mass is 433 g/mol. The Kier molecular flexibility index (Phi) is 5.03. The van der Waals surface area contributed by atoms with Crippen molar-refractivity contribution in [2.24, 2.45) is 5.41 Å². The topological polar surface area (TPSA) is 91.7 Å². The maximum Gasteiger partial charge on any atom is 0.255 e. The van der Waals surface area contributed by atoms with Crippen molar-refractivity contribution in [3.8, 4) is 0 Å². The minimum atomic E-state index is -0.114. The Bertz CT molecular complexity index is 1160. The summed E-state index contributed by atoms with van der Waals surface area (Å²) in [5.74, 6) is 0.930. The molecule has 0 bridgehead atoms. The van der Waals surface area contributed by atoms with Crippen LogP contribution in [0.5, 0.6) is 0 Å². The second-order valence-electron chi connectivity index (χ2n) is 9.64. The molecule has 1 atom stereocenters. The molecule has 0 spiro atoms. The third-order valence-electron chi connectivity index (χ3n) is 7.16. The Morgan fingerprint density at radius 1 is 1.31 bits per heavy atom. The maximum absolute atomic E-state index is 12.8. The van der Waals surface area contributed by atoms with Crippen molar-refractivity contribution in [3.63, 3.8) is 0 Å². The average molecular weight is 434 g/mol. The molecule has 2 aliphatic rings. The van der Waals surface area contributed by atoms with Crippen LogP contribution in [-0.4, -0.2) is 44.0 Å². The van der Waals surface area contributed by atoms with Gasteiger partial charge in [-0.3, -0.25) is 14.6 Å². The van der Waals surface area contributed by atoms with Gasteiger partial charge in [-0.25, -0.2) is 4.98 Å². The van der Waals surface area contributed by atoms with Crippen molar-refractivity contribution in [2.45, 2.75) is 59.5 Å². The summed E-state index contributed by atoms with van der Waals surface area (Å²) < 4.78 is 1.80. The van der Waals surface area contributed by atoms with E-state index < -0.39 is 0 Å². The lowest BCUT2D eigenvalue weighted by atomic mass is 9.79. The van der Waals surface area contributed by atoms with E-state index in [0.717, 1.165) is 54.4 Å². The van der Waals surface area contributed by atoms with Crippen molar-refractivity contribution in [3.05, 3.63) is 58.3 Å². The highest BCUT2D eigenvalue weighted by Gasteiger charge is 2.37. The van der Waals surface area contributed by atoms with E-state index in [-0.39, 0.29) is 11.9 Å². The van der Waals surface area contributed by atoms with E-state index >= 15 is 0 Å². The molecule has 4 heterocycles. The first-order chi connectivity index (χ1) is 15.3. The zero-order valence-electron chi connectivity index (χ0n) is 19.3. The summed E-state index contributed by atoms with van der Waals surface area (Å²) in [6.07, 6.45) is 6.46. The molecule has 1 saturated heterocycles. The molecule has 1 fully saturated rings. The molecule has 1 aliphatic carbocycles. The van der Waals surface area contributed by atoms with Crippen molar-refractivity contribution in [2.75, 3.05) is 18.0 Å². The maximum atomic E-state index is 12.8. The van der Waals surface area contributed by atoms with E-state index in [1.54, 1.807) is 17.1 Å². The van der Waals surface area contributed by atoms with Gasteiger partial charge in [0, 0.05) is 36.1 Å². The SMILES string of the molecule is CCC1(C)CN(c2ccc(Cn3cc(C(=O)NC4CCc5c4n[nH]c5C)cn3)c(C)n2)C1. The lowest BCUT2D eigenvalue weighted by Gasteiger charge is -2.48. The van der Waals surface area contributed by atoms with Crippen LogP contribution in [0.15, 0.2) is 24.5 Å². The number of aromatic nitrogens is 5.